The minimum Gasteiger partial charge on any atom is -0.390 e. The Balaban J connectivity index is 2.78. The quantitative estimate of drug-likeness (QED) is 0.240. The zero-order valence-corrected chi connectivity index (χ0v) is 6.71. The smallest absolute Gasteiger partial charge is 0.270 e. The molecule has 0 aliphatic heterocycles. The van der Waals surface area contributed by atoms with Gasteiger partial charge in [-0.25, -0.2) is 5.48 Å². The maximum Gasteiger partial charge on any atom is 0.270 e. The van der Waals surface area contributed by atoms with Gasteiger partial charge in [-0.05, 0) is 6.08 Å². The molecule has 0 radical (unpaired) electrons. The molecule has 0 unspecified atom stereocenters. The number of aliphatic hydroxyl groups is 3. The van der Waals surface area contributed by atoms with Gasteiger partial charge in [-0.1, -0.05) is 0 Å². The number of carbonyl (C=O) groups is 1. The molecule has 6 nitrogen and oxygen atoms in total. The van der Waals surface area contributed by atoms with E-state index in [1.807, 2.05) is 0 Å². The molecule has 0 bridgehead atoms. The van der Waals surface area contributed by atoms with Gasteiger partial charge in [-0.3, -0.25) is 10.0 Å². The van der Waals surface area contributed by atoms with Crippen LogP contribution >= 0.6 is 0 Å². The number of aliphatic hydroxyl groups excluding tert-OH is 3. The molecule has 1 aliphatic carbocycles. The van der Waals surface area contributed by atoms with Gasteiger partial charge in [0.15, 0.2) is 0 Å². The number of hydrogen-bond donors (Lipinski definition) is 5. The Morgan fingerprint density at radius 2 is 2.08 bits per heavy atom. The van der Waals surface area contributed by atoms with Crippen molar-refractivity contribution in [3.05, 3.63) is 11.6 Å². The summed E-state index contributed by atoms with van der Waals surface area (Å²) < 4.78 is 0. The molecular formula is C7H11NO5. The molecule has 1 rings (SSSR count). The first-order valence-electron chi connectivity index (χ1n) is 3.75. The molecule has 0 saturated heterocycles. The van der Waals surface area contributed by atoms with E-state index in [9.17, 15) is 4.79 Å². The highest BCUT2D eigenvalue weighted by Gasteiger charge is 2.31. The molecule has 0 aromatic rings. The van der Waals surface area contributed by atoms with Crippen molar-refractivity contribution in [2.75, 3.05) is 0 Å². The van der Waals surface area contributed by atoms with Gasteiger partial charge in [0.1, 0.15) is 12.2 Å². The summed E-state index contributed by atoms with van der Waals surface area (Å²) in [5.41, 5.74) is 1.43. The summed E-state index contributed by atoms with van der Waals surface area (Å²) in [6, 6.07) is 0. The lowest BCUT2D eigenvalue weighted by molar-refractivity contribution is -0.126. The first-order valence-corrected chi connectivity index (χ1v) is 3.75. The van der Waals surface area contributed by atoms with Crippen LogP contribution in [0.15, 0.2) is 11.6 Å². The molecule has 0 aromatic heterocycles. The van der Waals surface area contributed by atoms with Crippen LogP contribution in [0.5, 0.6) is 0 Å². The number of hydroxylamine groups is 1. The summed E-state index contributed by atoms with van der Waals surface area (Å²) in [7, 11) is 0. The van der Waals surface area contributed by atoms with Crippen molar-refractivity contribution in [2.24, 2.45) is 0 Å². The number of nitrogens with one attached hydrogen (secondary N) is 1. The first kappa shape index (κ1) is 10.1. The first-order chi connectivity index (χ1) is 6.06. The van der Waals surface area contributed by atoms with E-state index in [4.69, 9.17) is 20.5 Å². The molecule has 0 fully saturated rings. The van der Waals surface area contributed by atoms with Crippen LogP contribution in [0.4, 0.5) is 0 Å². The van der Waals surface area contributed by atoms with Gasteiger partial charge in [0, 0.05) is 12.0 Å². The molecule has 0 spiro atoms. The van der Waals surface area contributed by atoms with Gasteiger partial charge < -0.3 is 15.3 Å². The van der Waals surface area contributed by atoms with Gasteiger partial charge in [0.25, 0.3) is 5.91 Å². The molecule has 74 valence electrons. The fraction of sp³-hybridized carbons (Fsp3) is 0.571. The number of carbonyl (C=O) groups excluding carboxylic acids is 1. The van der Waals surface area contributed by atoms with E-state index in [0.717, 1.165) is 6.08 Å². The Hall–Kier alpha value is -0.950. The van der Waals surface area contributed by atoms with Crippen LogP contribution in [-0.2, 0) is 4.79 Å². The van der Waals surface area contributed by atoms with Crippen molar-refractivity contribution in [2.45, 2.75) is 24.7 Å². The van der Waals surface area contributed by atoms with Gasteiger partial charge in [-0.2, -0.15) is 0 Å². The van der Waals surface area contributed by atoms with E-state index in [1.54, 1.807) is 0 Å². The van der Waals surface area contributed by atoms with Crippen LogP contribution in [0.2, 0.25) is 0 Å². The van der Waals surface area contributed by atoms with Crippen LogP contribution in [0, 0.1) is 0 Å². The predicted octanol–water partition coefficient (Wildman–Crippen LogP) is -2.10. The van der Waals surface area contributed by atoms with Crippen molar-refractivity contribution < 1.29 is 25.3 Å². The summed E-state index contributed by atoms with van der Waals surface area (Å²) in [5, 5.41) is 35.6. The van der Waals surface area contributed by atoms with Crippen molar-refractivity contribution in [1.29, 1.82) is 0 Å². The fourth-order valence-corrected chi connectivity index (χ4v) is 1.19. The van der Waals surface area contributed by atoms with Crippen molar-refractivity contribution in [3.63, 3.8) is 0 Å². The molecule has 13 heavy (non-hydrogen) atoms. The van der Waals surface area contributed by atoms with Crippen LogP contribution in [-0.4, -0.2) is 44.7 Å². The molecule has 6 heteroatoms. The van der Waals surface area contributed by atoms with E-state index in [-0.39, 0.29) is 12.0 Å². The van der Waals surface area contributed by atoms with Crippen LogP contribution in [0.3, 0.4) is 0 Å². The highest BCUT2D eigenvalue weighted by Crippen LogP contribution is 2.19. The van der Waals surface area contributed by atoms with Crippen LogP contribution < -0.4 is 5.48 Å². The molecule has 0 heterocycles. The lowest BCUT2D eigenvalue weighted by Gasteiger charge is -2.26. The highest BCUT2D eigenvalue weighted by atomic mass is 16.5. The lowest BCUT2D eigenvalue weighted by atomic mass is 9.92. The Labute approximate surface area is 74.1 Å². The Bertz CT molecular complexity index is 239. The number of amides is 1. The third-order valence-corrected chi connectivity index (χ3v) is 1.94. The zero-order chi connectivity index (χ0) is 10.0. The fourth-order valence-electron chi connectivity index (χ4n) is 1.19. The van der Waals surface area contributed by atoms with Gasteiger partial charge in [0.2, 0.25) is 0 Å². The second-order valence-corrected chi connectivity index (χ2v) is 2.89. The average molecular weight is 189 g/mol. The summed E-state index contributed by atoms with van der Waals surface area (Å²) >= 11 is 0. The SMILES string of the molecule is O=C(NO)C1=C[C@@H](O)[C@@H](O)[C@H](O)C1. The van der Waals surface area contributed by atoms with E-state index < -0.39 is 24.2 Å². The number of hydrogen-bond acceptors (Lipinski definition) is 5. The zero-order valence-electron chi connectivity index (χ0n) is 6.71. The van der Waals surface area contributed by atoms with Crippen molar-refractivity contribution >= 4 is 5.91 Å². The van der Waals surface area contributed by atoms with Crippen LogP contribution in [0.1, 0.15) is 6.42 Å². The summed E-state index contributed by atoms with van der Waals surface area (Å²) in [6.45, 7) is 0. The Kier molecular flexibility index (Phi) is 2.99. The second-order valence-electron chi connectivity index (χ2n) is 2.89. The minimum atomic E-state index is -1.28. The standard InChI is InChI=1S/C7H11NO5/c9-4-1-3(7(12)8-13)2-5(10)6(4)11/h1,4-6,9-11,13H,2H2,(H,8,12)/t4-,5-,6-/m1/s1. The third-order valence-electron chi connectivity index (χ3n) is 1.94. The predicted molar refractivity (Wildman–Crippen MR) is 40.6 cm³/mol. The van der Waals surface area contributed by atoms with Gasteiger partial charge >= 0.3 is 0 Å². The second kappa shape index (κ2) is 3.84. The third kappa shape index (κ3) is 2.04. The maximum absolute atomic E-state index is 10.8. The highest BCUT2D eigenvalue weighted by molar-refractivity contribution is 5.92. The van der Waals surface area contributed by atoms with Crippen molar-refractivity contribution in [3.8, 4) is 0 Å². The maximum atomic E-state index is 10.8. The van der Waals surface area contributed by atoms with E-state index in [2.05, 4.69) is 0 Å². The Morgan fingerprint density at radius 3 is 2.54 bits per heavy atom. The summed E-state index contributed by atoms with van der Waals surface area (Å²) in [4.78, 5) is 10.8. The minimum absolute atomic E-state index is 0.0489. The molecule has 0 saturated carbocycles. The lowest BCUT2D eigenvalue weighted by Crippen LogP contribution is -2.42. The molecule has 1 amide bonds. The summed E-state index contributed by atoms with van der Waals surface area (Å²) in [6.07, 6.45) is -2.74. The monoisotopic (exact) mass is 189 g/mol. The van der Waals surface area contributed by atoms with Crippen LogP contribution in [0.25, 0.3) is 0 Å². The largest absolute Gasteiger partial charge is 0.390 e. The molecular weight excluding hydrogens is 178 g/mol. The topological polar surface area (TPSA) is 110 Å². The summed E-state index contributed by atoms with van der Waals surface area (Å²) in [5.74, 6) is -0.787. The van der Waals surface area contributed by atoms with E-state index in [0.29, 0.717) is 0 Å². The average Bonchev–Trinajstić information content (AvgIpc) is 2.12. The normalized spacial score (nSPS) is 33.8. The molecule has 5 N–H and O–H groups in total. The van der Waals surface area contributed by atoms with E-state index in [1.165, 1.54) is 5.48 Å². The van der Waals surface area contributed by atoms with Gasteiger partial charge in [-0.15, -0.1) is 0 Å². The number of rotatable bonds is 1. The van der Waals surface area contributed by atoms with E-state index >= 15 is 0 Å². The Morgan fingerprint density at radius 1 is 1.46 bits per heavy atom. The molecule has 1 aliphatic rings. The van der Waals surface area contributed by atoms with Crippen molar-refractivity contribution in [1.82, 2.24) is 5.48 Å². The van der Waals surface area contributed by atoms with Gasteiger partial charge in [0.05, 0.1) is 6.10 Å². The molecule has 3 atom stereocenters. The molecule has 0 aromatic carbocycles.